The van der Waals surface area contributed by atoms with Crippen LogP contribution >= 0.6 is 11.3 Å². The zero-order valence-electron chi connectivity index (χ0n) is 9.62. The minimum Gasteiger partial charge on any atom is -0.314 e. The van der Waals surface area contributed by atoms with E-state index in [0.717, 1.165) is 19.6 Å². The van der Waals surface area contributed by atoms with Crippen LogP contribution in [0.15, 0.2) is 12.1 Å². The van der Waals surface area contributed by atoms with Crippen LogP contribution in [0, 0.1) is 0 Å². The first-order valence-corrected chi connectivity index (χ1v) is 6.59. The number of hydrogen-bond donors (Lipinski definition) is 1. The van der Waals surface area contributed by atoms with Crippen molar-refractivity contribution in [3.05, 3.63) is 21.9 Å². The molecule has 0 unspecified atom stereocenters. The Morgan fingerprint density at radius 2 is 2.07 bits per heavy atom. The van der Waals surface area contributed by atoms with E-state index in [0.29, 0.717) is 5.92 Å². The normalized spacial score (nSPS) is 18.6. The van der Waals surface area contributed by atoms with E-state index < -0.39 is 0 Å². The third kappa shape index (κ3) is 3.03. The quantitative estimate of drug-likeness (QED) is 0.847. The van der Waals surface area contributed by atoms with Crippen LogP contribution in [0.3, 0.4) is 0 Å². The smallest absolute Gasteiger partial charge is 0.0329 e. The second-order valence-corrected chi connectivity index (χ2v) is 5.68. The van der Waals surface area contributed by atoms with Crippen molar-refractivity contribution < 1.29 is 0 Å². The molecule has 1 aliphatic rings. The van der Waals surface area contributed by atoms with Crippen molar-refractivity contribution in [2.45, 2.75) is 26.3 Å². The van der Waals surface area contributed by atoms with Gasteiger partial charge in [-0.15, -0.1) is 11.3 Å². The van der Waals surface area contributed by atoms with E-state index in [2.05, 4.69) is 36.2 Å². The van der Waals surface area contributed by atoms with Crippen LogP contribution in [0.2, 0.25) is 0 Å². The SMILES string of the molecule is CC(C)c1ccc(CN2CCNCC2)s1. The molecule has 2 nitrogen and oxygen atoms in total. The highest BCUT2D eigenvalue weighted by atomic mass is 32.1. The van der Waals surface area contributed by atoms with Crippen molar-refractivity contribution in [2.24, 2.45) is 0 Å². The van der Waals surface area contributed by atoms with Gasteiger partial charge in [0, 0.05) is 42.5 Å². The van der Waals surface area contributed by atoms with Gasteiger partial charge in [0.15, 0.2) is 0 Å². The van der Waals surface area contributed by atoms with Crippen molar-refractivity contribution in [2.75, 3.05) is 26.2 Å². The summed E-state index contributed by atoms with van der Waals surface area (Å²) in [6.45, 7) is 10.3. The maximum Gasteiger partial charge on any atom is 0.0329 e. The van der Waals surface area contributed by atoms with E-state index in [4.69, 9.17) is 0 Å². The molecule has 0 bridgehead atoms. The Morgan fingerprint density at radius 3 is 2.67 bits per heavy atom. The summed E-state index contributed by atoms with van der Waals surface area (Å²) >= 11 is 1.97. The number of rotatable bonds is 3. The molecule has 1 saturated heterocycles. The highest BCUT2D eigenvalue weighted by Gasteiger charge is 2.11. The fraction of sp³-hybridized carbons (Fsp3) is 0.667. The van der Waals surface area contributed by atoms with E-state index in [1.165, 1.54) is 22.8 Å². The lowest BCUT2D eigenvalue weighted by Crippen LogP contribution is -2.42. The topological polar surface area (TPSA) is 15.3 Å². The van der Waals surface area contributed by atoms with Gasteiger partial charge in [-0.25, -0.2) is 0 Å². The van der Waals surface area contributed by atoms with Gasteiger partial charge in [-0.05, 0) is 18.1 Å². The summed E-state index contributed by atoms with van der Waals surface area (Å²) in [5, 5.41) is 3.39. The lowest BCUT2D eigenvalue weighted by Gasteiger charge is -2.26. The van der Waals surface area contributed by atoms with E-state index >= 15 is 0 Å². The molecule has 0 spiro atoms. The average Bonchev–Trinajstić information content (AvgIpc) is 2.68. The Hall–Kier alpha value is -0.380. The highest BCUT2D eigenvalue weighted by molar-refractivity contribution is 7.12. The van der Waals surface area contributed by atoms with Gasteiger partial charge in [0.05, 0.1) is 0 Å². The highest BCUT2D eigenvalue weighted by Crippen LogP contribution is 2.25. The Morgan fingerprint density at radius 1 is 1.33 bits per heavy atom. The predicted molar refractivity (Wildman–Crippen MR) is 66.6 cm³/mol. The van der Waals surface area contributed by atoms with Crippen LogP contribution in [-0.4, -0.2) is 31.1 Å². The molecule has 1 aromatic heterocycles. The second-order valence-electron chi connectivity index (χ2n) is 4.48. The van der Waals surface area contributed by atoms with Crippen LogP contribution in [0.4, 0.5) is 0 Å². The lowest BCUT2D eigenvalue weighted by atomic mass is 10.2. The standard InChI is InChI=1S/C12H20N2S/c1-10(2)12-4-3-11(15-12)9-14-7-5-13-6-8-14/h3-4,10,13H,5-9H2,1-2H3. The van der Waals surface area contributed by atoms with Gasteiger partial charge in [-0.3, -0.25) is 4.90 Å². The molecule has 15 heavy (non-hydrogen) atoms. The molecule has 84 valence electrons. The zero-order chi connectivity index (χ0) is 10.7. The van der Waals surface area contributed by atoms with Crippen molar-refractivity contribution in [3.8, 4) is 0 Å². The van der Waals surface area contributed by atoms with E-state index in [1.807, 2.05) is 11.3 Å². The molecule has 0 saturated carbocycles. The van der Waals surface area contributed by atoms with E-state index in [-0.39, 0.29) is 0 Å². The number of nitrogens with one attached hydrogen (secondary N) is 1. The molecule has 1 aromatic rings. The van der Waals surface area contributed by atoms with Crippen molar-refractivity contribution in [1.29, 1.82) is 0 Å². The minimum atomic E-state index is 0.673. The van der Waals surface area contributed by atoms with Crippen LogP contribution in [0.5, 0.6) is 0 Å². The molecule has 1 fully saturated rings. The van der Waals surface area contributed by atoms with Gasteiger partial charge in [0.25, 0.3) is 0 Å². The average molecular weight is 224 g/mol. The van der Waals surface area contributed by atoms with E-state index in [9.17, 15) is 0 Å². The third-order valence-corrected chi connectivity index (χ3v) is 4.21. The molecule has 0 aliphatic carbocycles. The van der Waals surface area contributed by atoms with Gasteiger partial charge in [0.1, 0.15) is 0 Å². The molecule has 2 rings (SSSR count). The summed E-state index contributed by atoms with van der Waals surface area (Å²) in [5.74, 6) is 0.673. The Kier molecular flexibility index (Phi) is 3.78. The number of hydrogen-bond acceptors (Lipinski definition) is 3. The van der Waals surface area contributed by atoms with Crippen LogP contribution < -0.4 is 5.32 Å². The fourth-order valence-electron chi connectivity index (χ4n) is 1.88. The zero-order valence-corrected chi connectivity index (χ0v) is 10.4. The largest absolute Gasteiger partial charge is 0.314 e. The molecule has 1 N–H and O–H groups in total. The van der Waals surface area contributed by atoms with Crippen molar-refractivity contribution >= 4 is 11.3 Å². The number of nitrogens with zero attached hydrogens (tertiary/aromatic N) is 1. The first-order valence-electron chi connectivity index (χ1n) is 5.77. The molecule has 3 heteroatoms. The first kappa shape index (κ1) is 11.1. The van der Waals surface area contributed by atoms with Crippen molar-refractivity contribution in [3.63, 3.8) is 0 Å². The maximum atomic E-state index is 3.39. The Labute approximate surface area is 96.3 Å². The second kappa shape index (κ2) is 5.10. The summed E-state index contributed by atoms with van der Waals surface area (Å²) in [4.78, 5) is 5.56. The van der Waals surface area contributed by atoms with Gasteiger partial charge in [0.2, 0.25) is 0 Å². The number of piperazine rings is 1. The molecular weight excluding hydrogens is 204 g/mol. The van der Waals surface area contributed by atoms with Gasteiger partial charge < -0.3 is 5.32 Å². The molecular formula is C12H20N2S. The minimum absolute atomic E-state index is 0.673. The van der Waals surface area contributed by atoms with Gasteiger partial charge in [-0.1, -0.05) is 13.8 Å². The summed E-state index contributed by atoms with van der Waals surface area (Å²) < 4.78 is 0. The van der Waals surface area contributed by atoms with Crippen LogP contribution in [0.1, 0.15) is 29.5 Å². The Bertz CT molecular complexity index is 300. The van der Waals surface area contributed by atoms with Gasteiger partial charge in [-0.2, -0.15) is 0 Å². The predicted octanol–water partition coefficient (Wildman–Crippen LogP) is 2.28. The molecule has 0 atom stereocenters. The number of thiophene rings is 1. The third-order valence-electron chi connectivity index (χ3n) is 2.84. The maximum absolute atomic E-state index is 3.39. The van der Waals surface area contributed by atoms with Gasteiger partial charge >= 0.3 is 0 Å². The van der Waals surface area contributed by atoms with E-state index in [1.54, 1.807) is 0 Å². The Balaban J connectivity index is 1.91. The fourth-order valence-corrected chi connectivity index (χ4v) is 2.94. The molecule has 2 heterocycles. The summed E-state index contributed by atoms with van der Waals surface area (Å²) in [6.07, 6.45) is 0. The van der Waals surface area contributed by atoms with Crippen LogP contribution in [-0.2, 0) is 6.54 Å². The summed E-state index contributed by atoms with van der Waals surface area (Å²) in [6, 6.07) is 4.58. The van der Waals surface area contributed by atoms with Crippen molar-refractivity contribution in [1.82, 2.24) is 10.2 Å². The molecule has 0 amide bonds. The van der Waals surface area contributed by atoms with Crippen LogP contribution in [0.25, 0.3) is 0 Å². The first-order chi connectivity index (χ1) is 7.25. The molecule has 1 aliphatic heterocycles. The molecule has 0 radical (unpaired) electrons. The summed E-state index contributed by atoms with van der Waals surface area (Å²) in [7, 11) is 0. The molecule has 0 aromatic carbocycles. The lowest BCUT2D eigenvalue weighted by molar-refractivity contribution is 0.235. The summed E-state index contributed by atoms with van der Waals surface area (Å²) in [5.41, 5.74) is 0. The monoisotopic (exact) mass is 224 g/mol.